The Labute approximate surface area is 102 Å². The number of rotatable bonds is 0. The quantitative estimate of drug-likeness (QED) is 0.620. The van der Waals surface area contributed by atoms with Crippen LogP contribution in [0.3, 0.4) is 0 Å². The first kappa shape index (κ1) is 11.7. The molecular formula is C14H21NS. The van der Waals surface area contributed by atoms with Crippen LogP contribution < -0.4 is 0 Å². The lowest BCUT2D eigenvalue weighted by Gasteiger charge is -2.31. The van der Waals surface area contributed by atoms with Crippen molar-refractivity contribution in [2.24, 2.45) is 0 Å². The summed E-state index contributed by atoms with van der Waals surface area (Å²) in [5.41, 5.74) is 3.15. The maximum Gasteiger partial charge on any atom is 0.0597 e. The van der Waals surface area contributed by atoms with Crippen molar-refractivity contribution < 1.29 is 0 Å². The molecule has 0 saturated carbocycles. The zero-order valence-electron chi connectivity index (χ0n) is 11.1. The molecule has 0 aliphatic carbocycles. The number of aromatic nitrogens is 1. The van der Waals surface area contributed by atoms with Crippen molar-refractivity contribution in [3.8, 4) is 0 Å². The van der Waals surface area contributed by atoms with Crippen LogP contribution in [0.2, 0.25) is 0 Å². The fourth-order valence-electron chi connectivity index (χ4n) is 2.20. The third-order valence-corrected chi connectivity index (χ3v) is 3.72. The molecule has 0 radical (unpaired) electrons. The Bertz CT molecular complexity index is 503. The molecule has 2 rings (SSSR count). The first-order valence-electron chi connectivity index (χ1n) is 5.81. The number of nitrogens with zero attached hydrogens (tertiary/aromatic N) is 1. The summed E-state index contributed by atoms with van der Waals surface area (Å²) in [6.45, 7) is 13.7. The lowest BCUT2D eigenvalue weighted by Crippen LogP contribution is -2.28. The first-order chi connectivity index (χ1) is 7.21. The number of hydrogen-bond acceptors (Lipinski definition) is 1. The Morgan fingerprint density at radius 1 is 1.06 bits per heavy atom. The zero-order chi connectivity index (χ0) is 12.1. The largest absolute Gasteiger partial charge is 0.338 e. The highest BCUT2D eigenvalue weighted by atomic mass is 32.1. The molecule has 0 bridgehead atoms. The standard InChI is InChI=1S/C14H21NS/c1-13(2,3)12-9-11-10(7-8-16-11)15(12)14(4,5)6/h7-9H,1-6H3. The van der Waals surface area contributed by atoms with Crippen LogP contribution in [-0.2, 0) is 11.0 Å². The Morgan fingerprint density at radius 2 is 1.69 bits per heavy atom. The summed E-state index contributed by atoms with van der Waals surface area (Å²) in [5.74, 6) is 0. The average molecular weight is 235 g/mol. The van der Waals surface area contributed by atoms with Crippen molar-refractivity contribution in [3.63, 3.8) is 0 Å². The Kier molecular flexibility index (Phi) is 2.46. The smallest absolute Gasteiger partial charge is 0.0597 e. The van der Waals surface area contributed by atoms with Crippen molar-refractivity contribution in [1.82, 2.24) is 4.57 Å². The summed E-state index contributed by atoms with van der Waals surface area (Å²) in [4.78, 5) is 0. The molecule has 0 N–H and O–H groups in total. The van der Waals surface area contributed by atoms with E-state index in [0.29, 0.717) is 0 Å². The fourth-order valence-corrected chi connectivity index (χ4v) is 3.00. The van der Waals surface area contributed by atoms with Gasteiger partial charge < -0.3 is 4.57 Å². The zero-order valence-corrected chi connectivity index (χ0v) is 11.9. The molecule has 0 aliphatic heterocycles. The van der Waals surface area contributed by atoms with E-state index >= 15 is 0 Å². The van der Waals surface area contributed by atoms with E-state index in [9.17, 15) is 0 Å². The highest BCUT2D eigenvalue weighted by Gasteiger charge is 2.26. The van der Waals surface area contributed by atoms with Crippen LogP contribution >= 0.6 is 11.3 Å². The molecular weight excluding hydrogens is 214 g/mol. The van der Waals surface area contributed by atoms with Gasteiger partial charge in [0.1, 0.15) is 0 Å². The summed E-state index contributed by atoms with van der Waals surface area (Å²) >= 11 is 1.83. The third-order valence-electron chi connectivity index (χ3n) is 2.86. The van der Waals surface area contributed by atoms with Gasteiger partial charge in [-0.3, -0.25) is 0 Å². The molecule has 2 heterocycles. The molecule has 0 spiro atoms. The van der Waals surface area contributed by atoms with Gasteiger partial charge in [0.2, 0.25) is 0 Å². The van der Waals surface area contributed by atoms with Gasteiger partial charge in [0, 0.05) is 16.6 Å². The van der Waals surface area contributed by atoms with E-state index in [1.807, 2.05) is 11.3 Å². The molecule has 0 aromatic carbocycles. The maximum atomic E-state index is 2.48. The van der Waals surface area contributed by atoms with Crippen LogP contribution in [0.15, 0.2) is 17.5 Å². The SMILES string of the molecule is CC(C)(C)c1cc2sccc2n1C(C)(C)C. The van der Waals surface area contributed by atoms with Gasteiger partial charge in [-0.15, -0.1) is 11.3 Å². The van der Waals surface area contributed by atoms with Gasteiger partial charge in [0.25, 0.3) is 0 Å². The number of hydrogen-bond donors (Lipinski definition) is 0. The molecule has 88 valence electrons. The summed E-state index contributed by atoms with van der Waals surface area (Å²) in [5, 5.41) is 2.18. The third kappa shape index (κ3) is 1.80. The molecule has 0 aliphatic rings. The van der Waals surface area contributed by atoms with E-state index in [2.05, 4.69) is 63.6 Å². The van der Waals surface area contributed by atoms with E-state index in [1.165, 1.54) is 15.9 Å². The second-order valence-corrected chi connectivity index (χ2v) is 7.40. The normalized spacial score (nSPS) is 13.6. The van der Waals surface area contributed by atoms with E-state index < -0.39 is 0 Å². The summed E-state index contributed by atoms with van der Waals surface area (Å²) in [6.07, 6.45) is 0. The van der Waals surface area contributed by atoms with Gasteiger partial charge in [-0.05, 0) is 38.3 Å². The lowest BCUT2D eigenvalue weighted by atomic mass is 9.91. The van der Waals surface area contributed by atoms with Crippen LogP contribution in [0.1, 0.15) is 47.2 Å². The van der Waals surface area contributed by atoms with Crippen LogP contribution in [0.5, 0.6) is 0 Å². The van der Waals surface area contributed by atoms with Crippen LogP contribution in [-0.4, -0.2) is 4.57 Å². The molecule has 2 heteroatoms. The van der Waals surface area contributed by atoms with E-state index in [1.54, 1.807) is 0 Å². The van der Waals surface area contributed by atoms with Crippen molar-refractivity contribution in [1.29, 1.82) is 0 Å². The monoisotopic (exact) mass is 235 g/mol. The highest BCUT2D eigenvalue weighted by molar-refractivity contribution is 7.17. The van der Waals surface area contributed by atoms with Gasteiger partial charge in [0.05, 0.1) is 10.2 Å². The number of thiophene rings is 1. The molecule has 16 heavy (non-hydrogen) atoms. The summed E-state index contributed by atoms with van der Waals surface area (Å²) < 4.78 is 3.89. The lowest BCUT2D eigenvalue weighted by molar-refractivity contribution is 0.372. The van der Waals surface area contributed by atoms with Crippen molar-refractivity contribution in [3.05, 3.63) is 23.2 Å². The van der Waals surface area contributed by atoms with Crippen LogP contribution in [0.4, 0.5) is 0 Å². The molecule has 2 aromatic heterocycles. The summed E-state index contributed by atoms with van der Waals surface area (Å²) in [7, 11) is 0. The van der Waals surface area contributed by atoms with Crippen LogP contribution in [0, 0.1) is 0 Å². The minimum absolute atomic E-state index is 0.144. The molecule has 2 aromatic rings. The van der Waals surface area contributed by atoms with Crippen molar-refractivity contribution >= 4 is 21.6 Å². The molecule has 0 amide bonds. The Morgan fingerprint density at radius 3 is 2.19 bits per heavy atom. The van der Waals surface area contributed by atoms with Gasteiger partial charge >= 0.3 is 0 Å². The van der Waals surface area contributed by atoms with Crippen LogP contribution in [0.25, 0.3) is 10.2 Å². The van der Waals surface area contributed by atoms with Crippen molar-refractivity contribution in [2.45, 2.75) is 52.5 Å². The first-order valence-corrected chi connectivity index (χ1v) is 6.69. The average Bonchev–Trinajstić information content (AvgIpc) is 2.53. The predicted octanol–water partition coefficient (Wildman–Crippen LogP) is 4.76. The van der Waals surface area contributed by atoms with Crippen molar-refractivity contribution in [2.75, 3.05) is 0 Å². The highest BCUT2D eigenvalue weighted by Crippen LogP contribution is 2.36. The van der Waals surface area contributed by atoms with E-state index in [0.717, 1.165) is 0 Å². The molecule has 0 saturated heterocycles. The predicted molar refractivity (Wildman–Crippen MR) is 73.5 cm³/mol. The minimum Gasteiger partial charge on any atom is -0.338 e. The van der Waals surface area contributed by atoms with Gasteiger partial charge in [-0.25, -0.2) is 0 Å². The van der Waals surface area contributed by atoms with E-state index in [-0.39, 0.29) is 11.0 Å². The summed E-state index contributed by atoms with van der Waals surface area (Å²) in [6, 6.07) is 4.59. The van der Waals surface area contributed by atoms with Gasteiger partial charge in [0.15, 0.2) is 0 Å². The minimum atomic E-state index is 0.144. The molecule has 0 atom stereocenters. The van der Waals surface area contributed by atoms with E-state index in [4.69, 9.17) is 0 Å². The van der Waals surface area contributed by atoms with Gasteiger partial charge in [-0.1, -0.05) is 20.8 Å². The Balaban J connectivity index is 2.79. The molecule has 0 fully saturated rings. The molecule has 1 nitrogen and oxygen atoms in total. The maximum absolute atomic E-state index is 2.48. The number of fused-ring (bicyclic) bond motifs is 1. The second kappa shape index (κ2) is 3.36. The fraction of sp³-hybridized carbons (Fsp3) is 0.571. The van der Waals surface area contributed by atoms with Gasteiger partial charge in [-0.2, -0.15) is 0 Å². The second-order valence-electron chi connectivity index (χ2n) is 6.46. The molecule has 0 unspecified atom stereocenters. The topological polar surface area (TPSA) is 4.93 Å². The Hall–Kier alpha value is -0.760.